The number of benzene rings is 1. The van der Waals surface area contributed by atoms with Crippen LogP contribution in [-0.2, 0) is 17.4 Å². The van der Waals surface area contributed by atoms with Crippen LogP contribution in [0.4, 0.5) is 18.9 Å². The minimum atomic E-state index is -4.49. The number of thiophene rings is 1. The minimum Gasteiger partial charge on any atom is -0.324 e. The lowest BCUT2D eigenvalue weighted by Crippen LogP contribution is -2.41. The number of hydrogen-bond acceptors (Lipinski definition) is 3. The number of halogens is 3. The number of fused-ring (bicyclic) bond motifs is 1. The van der Waals surface area contributed by atoms with Gasteiger partial charge in [0.15, 0.2) is 0 Å². The molecule has 0 spiro atoms. The lowest BCUT2D eigenvalue weighted by Gasteiger charge is -2.35. The van der Waals surface area contributed by atoms with Crippen LogP contribution in [0.15, 0.2) is 35.7 Å². The second-order valence-electron chi connectivity index (χ2n) is 6.89. The molecule has 1 aliphatic heterocycles. The van der Waals surface area contributed by atoms with E-state index in [4.69, 9.17) is 0 Å². The van der Waals surface area contributed by atoms with E-state index in [1.165, 1.54) is 28.6 Å². The molecule has 2 aliphatic rings. The highest BCUT2D eigenvalue weighted by molar-refractivity contribution is 7.10. The first-order chi connectivity index (χ1) is 12.4. The number of amides is 1. The predicted molar refractivity (Wildman–Crippen MR) is 95.1 cm³/mol. The third-order valence-electron chi connectivity index (χ3n) is 5.04. The number of carbonyl (C=O) groups excluding carboxylic acids is 1. The molecule has 138 valence electrons. The van der Waals surface area contributed by atoms with Crippen LogP contribution < -0.4 is 5.32 Å². The molecule has 7 heteroatoms. The average Bonchev–Trinajstić information content (AvgIpc) is 3.30. The Morgan fingerprint density at radius 2 is 2.00 bits per heavy atom. The molecule has 0 saturated heterocycles. The van der Waals surface area contributed by atoms with Crippen LogP contribution in [0.1, 0.15) is 34.9 Å². The summed E-state index contributed by atoms with van der Waals surface area (Å²) in [6.07, 6.45) is -1.30. The van der Waals surface area contributed by atoms with E-state index in [0.717, 1.165) is 31.9 Å². The van der Waals surface area contributed by atoms with Gasteiger partial charge in [0.25, 0.3) is 0 Å². The van der Waals surface area contributed by atoms with E-state index in [-0.39, 0.29) is 18.3 Å². The van der Waals surface area contributed by atoms with Crippen LogP contribution in [0.5, 0.6) is 0 Å². The third kappa shape index (κ3) is 3.50. The monoisotopic (exact) mass is 380 g/mol. The molecule has 0 bridgehead atoms. The molecule has 1 saturated carbocycles. The highest BCUT2D eigenvalue weighted by Gasteiger charge is 2.40. The first kappa shape index (κ1) is 17.5. The Balaban J connectivity index is 1.49. The van der Waals surface area contributed by atoms with Gasteiger partial charge < -0.3 is 5.32 Å². The summed E-state index contributed by atoms with van der Waals surface area (Å²) in [6.45, 7) is 0.881. The zero-order valence-electron chi connectivity index (χ0n) is 14.1. The van der Waals surface area contributed by atoms with Crippen molar-refractivity contribution < 1.29 is 18.0 Å². The quantitative estimate of drug-likeness (QED) is 0.833. The molecule has 4 rings (SSSR count). The molecule has 2 aromatic rings. The number of anilines is 1. The Hall–Kier alpha value is -1.86. The van der Waals surface area contributed by atoms with E-state index >= 15 is 0 Å². The van der Waals surface area contributed by atoms with Crippen LogP contribution in [0.2, 0.25) is 0 Å². The summed E-state index contributed by atoms with van der Waals surface area (Å²) in [5.74, 6) is 0.157. The van der Waals surface area contributed by atoms with Crippen LogP contribution >= 0.6 is 11.3 Å². The summed E-state index contributed by atoms with van der Waals surface area (Å²) < 4.78 is 39.3. The van der Waals surface area contributed by atoms with Crippen LogP contribution in [-0.4, -0.2) is 23.9 Å². The lowest BCUT2D eigenvalue weighted by molar-refractivity contribution is -0.137. The highest BCUT2D eigenvalue weighted by Crippen LogP contribution is 2.48. The molecular weight excluding hydrogens is 361 g/mol. The molecule has 0 unspecified atom stereocenters. The first-order valence-electron chi connectivity index (χ1n) is 8.70. The maximum atomic E-state index is 13.1. The zero-order valence-corrected chi connectivity index (χ0v) is 14.9. The zero-order chi connectivity index (χ0) is 18.3. The molecule has 0 radical (unpaired) electrons. The highest BCUT2D eigenvalue weighted by atomic mass is 32.1. The van der Waals surface area contributed by atoms with E-state index in [1.807, 2.05) is 0 Å². The van der Waals surface area contributed by atoms with Crippen molar-refractivity contribution in [2.24, 2.45) is 5.92 Å². The summed E-state index contributed by atoms with van der Waals surface area (Å²) in [6, 6.07) is 7.45. The maximum absolute atomic E-state index is 13.1. The van der Waals surface area contributed by atoms with Crippen molar-refractivity contribution in [2.45, 2.75) is 31.5 Å². The van der Waals surface area contributed by atoms with Crippen molar-refractivity contribution >= 4 is 22.9 Å². The van der Waals surface area contributed by atoms with E-state index in [2.05, 4.69) is 21.7 Å². The number of nitrogens with zero attached hydrogens (tertiary/aromatic N) is 1. The maximum Gasteiger partial charge on any atom is 0.418 e. The van der Waals surface area contributed by atoms with Gasteiger partial charge in [-0.3, -0.25) is 9.69 Å². The Bertz CT molecular complexity index is 813. The third-order valence-corrected chi connectivity index (χ3v) is 6.04. The largest absolute Gasteiger partial charge is 0.418 e. The van der Waals surface area contributed by atoms with Gasteiger partial charge in [-0.2, -0.15) is 13.2 Å². The van der Waals surface area contributed by atoms with Gasteiger partial charge in [0, 0.05) is 17.5 Å². The van der Waals surface area contributed by atoms with Crippen molar-refractivity contribution in [3.05, 3.63) is 51.7 Å². The van der Waals surface area contributed by atoms with Gasteiger partial charge in [-0.1, -0.05) is 12.1 Å². The van der Waals surface area contributed by atoms with Gasteiger partial charge in [0.2, 0.25) is 5.91 Å². The van der Waals surface area contributed by atoms with E-state index in [9.17, 15) is 18.0 Å². The fourth-order valence-corrected chi connectivity index (χ4v) is 4.67. The van der Waals surface area contributed by atoms with Gasteiger partial charge in [-0.25, -0.2) is 0 Å². The Morgan fingerprint density at radius 3 is 2.73 bits per heavy atom. The first-order valence-corrected chi connectivity index (χ1v) is 9.58. The van der Waals surface area contributed by atoms with Crippen molar-refractivity contribution in [1.82, 2.24) is 4.90 Å². The smallest absolute Gasteiger partial charge is 0.324 e. The normalized spacial score (nSPS) is 20.7. The summed E-state index contributed by atoms with van der Waals surface area (Å²) in [5.41, 5.74) is 0.305. The molecule has 1 fully saturated rings. The number of hydrogen-bond donors (Lipinski definition) is 1. The van der Waals surface area contributed by atoms with Crippen molar-refractivity contribution in [2.75, 3.05) is 18.4 Å². The molecule has 1 aliphatic carbocycles. The van der Waals surface area contributed by atoms with E-state index < -0.39 is 17.6 Å². The Kier molecular flexibility index (Phi) is 4.52. The van der Waals surface area contributed by atoms with Gasteiger partial charge in [0.05, 0.1) is 17.8 Å². The van der Waals surface area contributed by atoms with E-state index in [1.54, 1.807) is 11.3 Å². The SMILES string of the molecule is O=C(CN1CCc2sccc2[C@H]1C1CC1)Nc1ccccc1C(F)(F)F. The van der Waals surface area contributed by atoms with Crippen molar-refractivity contribution in [3.8, 4) is 0 Å². The topological polar surface area (TPSA) is 32.3 Å². The predicted octanol–water partition coefficient (Wildman–Crippen LogP) is 4.71. The van der Waals surface area contributed by atoms with Crippen molar-refractivity contribution in [3.63, 3.8) is 0 Å². The molecule has 1 amide bonds. The standard InChI is InChI=1S/C19H19F3N2OS/c20-19(21,22)14-3-1-2-4-15(14)23-17(25)11-24-9-7-16-13(8-10-26-16)18(24)12-5-6-12/h1-4,8,10,12,18H,5-7,9,11H2,(H,23,25)/t18-/m1/s1. The summed E-state index contributed by atoms with van der Waals surface area (Å²) in [5, 5.41) is 4.55. The summed E-state index contributed by atoms with van der Waals surface area (Å²) in [4.78, 5) is 16.0. The fraction of sp³-hybridized carbons (Fsp3) is 0.421. The molecular formula is C19H19F3N2OS. The van der Waals surface area contributed by atoms with Gasteiger partial charge in [0.1, 0.15) is 0 Å². The van der Waals surface area contributed by atoms with E-state index in [0.29, 0.717) is 5.92 Å². The average molecular weight is 380 g/mol. The molecule has 26 heavy (non-hydrogen) atoms. The van der Waals surface area contributed by atoms with Gasteiger partial charge >= 0.3 is 6.18 Å². The number of carbonyl (C=O) groups is 1. The molecule has 2 heterocycles. The minimum absolute atomic E-state index is 0.114. The molecule has 1 N–H and O–H groups in total. The molecule has 1 aromatic carbocycles. The molecule has 1 atom stereocenters. The Labute approximate surface area is 153 Å². The number of nitrogens with one attached hydrogen (secondary N) is 1. The molecule has 1 aromatic heterocycles. The van der Waals surface area contributed by atoms with Crippen LogP contribution in [0, 0.1) is 5.92 Å². The Morgan fingerprint density at radius 1 is 1.23 bits per heavy atom. The number of para-hydroxylation sites is 1. The van der Waals surface area contributed by atoms with Crippen LogP contribution in [0.3, 0.4) is 0 Å². The second-order valence-corrected chi connectivity index (χ2v) is 7.89. The van der Waals surface area contributed by atoms with Crippen molar-refractivity contribution in [1.29, 1.82) is 0 Å². The summed E-state index contributed by atoms with van der Waals surface area (Å²) in [7, 11) is 0. The lowest BCUT2D eigenvalue weighted by atomic mass is 9.96. The van der Waals surface area contributed by atoms with Crippen LogP contribution in [0.25, 0.3) is 0 Å². The fourth-order valence-electron chi connectivity index (χ4n) is 3.75. The molecule has 3 nitrogen and oxygen atoms in total. The van der Waals surface area contributed by atoms with Gasteiger partial charge in [-0.15, -0.1) is 11.3 Å². The summed E-state index contributed by atoms with van der Waals surface area (Å²) >= 11 is 1.75. The number of alkyl halides is 3. The van der Waals surface area contributed by atoms with Gasteiger partial charge in [-0.05, 0) is 54.3 Å². The second kappa shape index (κ2) is 6.70. The number of rotatable bonds is 4.